The summed E-state index contributed by atoms with van der Waals surface area (Å²) in [6.07, 6.45) is 3.98. The van der Waals surface area contributed by atoms with E-state index in [-0.39, 0.29) is 12.5 Å². The van der Waals surface area contributed by atoms with Crippen molar-refractivity contribution in [3.05, 3.63) is 89.9 Å². The Bertz CT molecular complexity index is 1260. The van der Waals surface area contributed by atoms with Gasteiger partial charge in [-0.3, -0.25) is 4.79 Å². The zero-order valence-corrected chi connectivity index (χ0v) is 19.5. The molecule has 0 aliphatic carbocycles. The van der Waals surface area contributed by atoms with Gasteiger partial charge in [-0.05, 0) is 30.2 Å². The lowest BCUT2D eigenvalue weighted by atomic mass is 10.1. The number of methoxy groups -OCH3 is 2. The van der Waals surface area contributed by atoms with Gasteiger partial charge in [-0.1, -0.05) is 42.5 Å². The van der Waals surface area contributed by atoms with Crippen LogP contribution < -0.4 is 4.74 Å². The maximum Gasteiger partial charge on any atom is 0.257 e. The van der Waals surface area contributed by atoms with Gasteiger partial charge in [0, 0.05) is 32.5 Å². The van der Waals surface area contributed by atoms with Gasteiger partial charge in [0.2, 0.25) is 0 Å². The second-order valence-corrected chi connectivity index (χ2v) is 7.75. The van der Waals surface area contributed by atoms with Crippen molar-refractivity contribution in [3.63, 3.8) is 0 Å². The van der Waals surface area contributed by atoms with Gasteiger partial charge in [0.05, 0.1) is 36.9 Å². The summed E-state index contributed by atoms with van der Waals surface area (Å²) in [5, 5.41) is 4.44. The lowest BCUT2D eigenvalue weighted by molar-refractivity contribution is 0.0791. The maximum absolute atomic E-state index is 13.2. The number of likely N-dealkylation sites (N-methyl/N-ethyl adjacent to an activating group) is 1. The third kappa shape index (κ3) is 4.97. The first-order valence-corrected chi connectivity index (χ1v) is 10.9. The van der Waals surface area contributed by atoms with Crippen LogP contribution in [0.25, 0.3) is 17.2 Å². The summed E-state index contributed by atoms with van der Waals surface area (Å²) in [6, 6.07) is 19.5. The Hall–Kier alpha value is -4.04. The summed E-state index contributed by atoms with van der Waals surface area (Å²) in [5.41, 5.74) is 3.76. The number of hydrogen-bond donors (Lipinski definition) is 0. The number of rotatable bonds is 9. The van der Waals surface area contributed by atoms with Crippen LogP contribution in [-0.4, -0.2) is 58.4 Å². The van der Waals surface area contributed by atoms with Gasteiger partial charge in [0.1, 0.15) is 5.75 Å². The molecular weight excluding hydrogens is 430 g/mol. The van der Waals surface area contributed by atoms with E-state index in [2.05, 4.69) is 27.2 Å². The Labute approximate surface area is 198 Å². The molecule has 0 radical (unpaired) electrons. The van der Waals surface area contributed by atoms with Crippen LogP contribution in [-0.2, 0) is 17.8 Å². The number of carbonyl (C=O) groups excluding carboxylic acids is 1. The van der Waals surface area contributed by atoms with Crippen molar-refractivity contribution in [2.24, 2.45) is 0 Å². The van der Waals surface area contributed by atoms with Crippen LogP contribution in [0.4, 0.5) is 0 Å². The largest absolute Gasteiger partial charge is 0.496 e. The summed E-state index contributed by atoms with van der Waals surface area (Å²) in [5.74, 6) is 0.928. The van der Waals surface area contributed by atoms with Gasteiger partial charge in [0.15, 0.2) is 0 Å². The Morgan fingerprint density at radius 2 is 1.79 bits per heavy atom. The van der Waals surface area contributed by atoms with E-state index in [0.717, 1.165) is 12.0 Å². The van der Waals surface area contributed by atoms with Crippen molar-refractivity contribution < 1.29 is 14.3 Å². The molecule has 0 saturated carbocycles. The fraction of sp³-hybridized carbons (Fsp3) is 0.231. The summed E-state index contributed by atoms with van der Waals surface area (Å²) in [7, 11) is 4.99. The molecule has 0 bridgehead atoms. The molecule has 0 atom stereocenters. The average Bonchev–Trinajstić information content (AvgIpc) is 3.31. The van der Waals surface area contributed by atoms with E-state index in [1.807, 2.05) is 48.5 Å². The SMILES string of the molecule is COCc1c(C(=O)N(C)CCc2ccccc2)cnn1-c1nccc(-c2ccccc2OC)n1. The van der Waals surface area contributed by atoms with Gasteiger partial charge >= 0.3 is 0 Å². The monoisotopic (exact) mass is 457 g/mol. The standard InChI is InChI=1S/C26H27N5O3/c1-30(16-14-19-9-5-4-6-10-19)25(32)21-17-28-31(23(21)18-33-2)26-27-15-13-22(29-26)20-11-7-8-12-24(20)34-3/h4-13,15,17H,14,16,18H2,1-3H3. The quantitative estimate of drug-likeness (QED) is 0.380. The molecule has 8 heteroatoms. The number of ether oxygens (including phenoxy) is 2. The van der Waals surface area contributed by atoms with E-state index in [9.17, 15) is 4.79 Å². The molecule has 1 amide bonds. The van der Waals surface area contributed by atoms with Gasteiger partial charge in [-0.2, -0.15) is 9.78 Å². The Morgan fingerprint density at radius 1 is 1.03 bits per heavy atom. The summed E-state index contributed by atoms with van der Waals surface area (Å²) >= 11 is 0. The molecule has 0 unspecified atom stereocenters. The molecule has 0 aliphatic rings. The first-order valence-electron chi connectivity index (χ1n) is 10.9. The van der Waals surface area contributed by atoms with Gasteiger partial charge in [-0.25, -0.2) is 9.97 Å². The molecule has 0 N–H and O–H groups in total. The van der Waals surface area contributed by atoms with Crippen molar-refractivity contribution in [2.75, 3.05) is 27.8 Å². The average molecular weight is 458 g/mol. The second-order valence-electron chi connectivity index (χ2n) is 7.75. The summed E-state index contributed by atoms with van der Waals surface area (Å²) < 4.78 is 12.4. The molecular formula is C26H27N5O3. The van der Waals surface area contributed by atoms with Crippen molar-refractivity contribution in [3.8, 4) is 23.0 Å². The predicted molar refractivity (Wildman–Crippen MR) is 129 cm³/mol. The Morgan fingerprint density at radius 3 is 2.56 bits per heavy atom. The van der Waals surface area contributed by atoms with Crippen molar-refractivity contribution in [1.29, 1.82) is 0 Å². The minimum atomic E-state index is -0.130. The number of amides is 1. The fourth-order valence-electron chi connectivity index (χ4n) is 3.71. The van der Waals surface area contributed by atoms with Crippen LogP contribution in [0, 0.1) is 0 Å². The third-order valence-corrected chi connectivity index (χ3v) is 5.52. The minimum Gasteiger partial charge on any atom is -0.496 e. The predicted octanol–water partition coefficient (Wildman–Crippen LogP) is 3.80. The Kier molecular flexibility index (Phi) is 7.29. The molecule has 0 aliphatic heterocycles. The minimum absolute atomic E-state index is 0.130. The van der Waals surface area contributed by atoms with Crippen molar-refractivity contribution in [2.45, 2.75) is 13.0 Å². The molecule has 174 valence electrons. The topological polar surface area (TPSA) is 82.4 Å². The highest BCUT2D eigenvalue weighted by molar-refractivity contribution is 5.95. The molecule has 2 aromatic carbocycles. The molecule has 4 aromatic rings. The van der Waals surface area contributed by atoms with Gasteiger partial charge in [0.25, 0.3) is 11.9 Å². The van der Waals surface area contributed by atoms with Crippen LogP contribution in [0.3, 0.4) is 0 Å². The highest BCUT2D eigenvalue weighted by atomic mass is 16.5. The number of benzene rings is 2. The second kappa shape index (κ2) is 10.7. The molecule has 0 fully saturated rings. The van der Waals surface area contributed by atoms with E-state index < -0.39 is 0 Å². The first-order chi connectivity index (χ1) is 16.6. The molecule has 8 nitrogen and oxygen atoms in total. The Balaban J connectivity index is 1.62. The lowest BCUT2D eigenvalue weighted by Gasteiger charge is -2.17. The number of aromatic nitrogens is 4. The van der Waals surface area contributed by atoms with Crippen LogP contribution >= 0.6 is 0 Å². The van der Waals surface area contributed by atoms with E-state index >= 15 is 0 Å². The highest BCUT2D eigenvalue weighted by Crippen LogP contribution is 2.28. The molecule has 4 rings (SSSR count). The number of carbonyl (C=O) groups is 1. The number of para-hydroxylation sites is 1. The normalized spacial score (nSPS) is 10.8. The van der Waals surface area contributed by atoms with Crippen LogP contribution in [0.2, 0.25) is 0 Å². The van der Waals surface area contributed by atoms with E-state index in [4.69, 9.17) is 9.47 Å². The molecule has 0 saturated heterocycles. The maximum atomic E-state index is 13.2. The van der Waals surface area contributed by atoms with E-state index in [1.165, 1.54) is 5.56 Å². The van der Waals surface area contributed by atoms with Crippen molar-refractivity contribution >= 4 is 5.91 Å². The molecule has 0 spiro atoms. The number of nitrogens with zero attached hydrogens (tertiary/aromatic N) is 5. The zero-order chi connectivity index (χ0) is 23.9. The highest BCUT2D eigenvalue weighted by Gasteiger charge is 2.22. The smallest absolute Gasteiger partial charge is 0.257 e. The van der Waals surface area contributed by atoms with Crippen LogP contribution in [0.1, 0.15) is 21.6 Å². The summed E-state index contributed by atoms with van der Waals surface area (Å²) in [4.78, 5) is 24.0. The molecule has 34 heavy (non-hydrogen) atoms. The van der Waals surface area contributed by atoms with Crippen molar-refractivity contribution in [1.82, 2.24) is 24.6 Å². The van der Waals surface area contributed by atoms with Crippen LogP contribution in [0.5, 0.6) is 5.75 Å². The zero-order valence-electron chi connectivity index (χ0n) is 19.5. The third-order valence-electron chi connectivity index (χ3n) is 5.52. The van der Waals surface area contributed by atoms with Crippen LogP contribution in [0.15, 0.2) is 73.1 Å². The molecule has 2 aromatic heterocycles. The van der Waals surface area contributed by atoms with Gasteiger partial charge < -0.3 is 14.4 Å². The summed E-state index contributed by atoms with van der Waals surface area (Å²) in [6.45, 7) is 0.774. The van der Waals surface area contributed by atoms with Gasteiger partial charge in [-0.15, -0.1) is 0 Å². The fourth-order valence-corrected chi connectivity index (χ4v) is 3.71. The van der Waals surface area contributed by atoms with E-state index in [0.29, 0.717) is 35.2 Å². The first kappa shape index (κ1) is 23.1. The van der Waals surface area contributed by atoms with E-state index in [1.54, 1.807) is 43.2 Å². The lowest BCUT2D eigenvalue weighted by Crippen LogP contribution is -2.29. The molecule has 2 heterocycles. The number of hydrogen-bond acceptors (Lipinski definition) is 6.